The monoisotopic (exact) mass is 532 g/mol. The summed E-state index contributed by atoms with van der Waals surface area (Å²) in [4.78, 5) is 32.9. The SMILES string of the molecule is N#Cc1ccc(-c2c[nH]c(C(Cc3ccccc3)[AsH]C(=O)C3CCC(CN)CC3)n2)cc1C(=O)O. The Labute approximate surface area is 211 Å². The molecule has 0 aliphatic heterocycles. The predicted molar refractivity (Wildman–Crippen MR) is 135 cm³/mol. The fourth-order valence-corrected chi connectivity index (χ4v) is 7.78. The van der Waals surface area contributed by atoms with E-state index in [9.17, 15) is 20.0 Å². The molecule has 2 aromatic carbocycles. The summed E-state index contributed by atoms with van der Waals surface area (Å²) >= 11 is -1.00. The van der Waals surface area contributed by atoms with Crippen molar-refractivity contribution in [3.8, 4) is 17.3 Å². The number of imidazole rings is 1. The minimum atomic E-state index is -1.15. The van der Waals surface area contributed by atoms with Crippen LogP contribution in [-0.2, 0) is 11.2 Å². The zero-order valence-electron chi connectivity index (χ0n) is 19.4. The minimum absolute atomic E-state index is 0.00297. The van der Waals surface area contributed by atoms with Crippen LogP contribution < -0.4 is 5.73 Å². The van der Waals surface area contributed by atoms with Gasteiger partial charge in [0.15, 0.2) is 0 Å². The molecule has 0 saturated heterocycles. The van der Waals surface area contributed by atoms with Crippen molar-refractivity contribution in [3.63, 3.8) is 0 Å². The van der Waals surface area contributed by atoms with E-state index in [0.717, 1.165) is 43.5 Å². The summed E-state index contributed by atoms with van der Waals surface area (Å²) in [6.07, 6.45) is 6.38. The molecular weight excluding hydrogens is 503 g/mol. The van der Waals surface area contributed by atoms with Crippen LogP contribution in [-0.4, -0.2) is 47.9 Å². The van der Waals surface area contributed by atoms with Crippen molar-refractivity contribution in [2.24, 2.45) is 17.6 Å². The topological polar surface area (TPSA) is 133 Å². The second-order valence-corrected chi connectivity index (χ2v) is 12.2. The summed E-state index contributed by atoms with van der Waals surface area (Å²) in [5, 5.41) is 18.7. The normalized spacial score (nSPS) is 18.9. The number of benzene rings is 2. The fraction of sp³-hybridized carbons (Fsp3) is 0.333. The van der Waals surface area contributed by atoms with Gasteiger partial charge in [-0.1, -0.05) is 0 Å². The molecule has 1 saturated carbocycles. The van der Waals surface area contributed by atoms with Crippen molar-refractivity contribution in [1.29, 1.82) is 5.26 Å². The van der Waals surface area contributed by atoms with Gasteiger partial charge in [-0.2, -0.15) is 0 Å². The van der Waals surface area contributed by atoms with E-state index in [2.05, 4.69) is 17.1 Å². The number of nitrogens with two attached hydrogens (primary N) is 1. The molecule has 1 heterocycles. The van der Waals surface area contributed by atoms with E-state index in [1.165, 1.54) is 12.1 Å². The first-order valence-electron chi connectivity index (χ1n) is 11.9. The van der Waals surface area contributed by atoms with E-state index in [0.29, 0.717) is 28.3 Å². The van der Waals surface area contributed by atoms with Gasteiger partial charge < -0.3 is 0 Å². The first-order chi connectivity index (χ1) is 17.0. The van der Waals surface area contributed by atoms with Gasteiger partial charge in [-0.15, -0.1) is 0 Å². The van der Waals surface area contributed by atoms with Crippen LogP contribution in [0.15, 0.2) is 54.7 Å². The van der Waals surface area contributed by atoms with Gasteiger partial charge in [0, 0.05) is 0 Å². The molecule has 1 aromatic heterocycles. The van der Waals surface area contributed by atoms with E-state index in [-0.39, 0.29) is 21.8 Å². The molecule has 0 amide bonds. The zero-order valence-corrected chi connectivity index (χ0v) is 21.5. The maximum absolute atomic E-state index is 13.3. The number of rotatable bonds is 9. The molecular formula is C27H29AsN4O3. The van der Waals surface area contributed by atoms with E-state index >= 15 is 0 Å². The molecule has 1 aliphatic rings. The second kappa shape index (κ2) is 11.5. The summed E-state index contributed by atoms with van der Waals surface area (Å²) in [6.45, 7) is 0.696. The summed E-state index contributed by atoms with van der Waals surface area (Å²) in [5.74, 6) is 0.272. The Bertz CT molecular complexity index is 1230. The molecule has 2 unspecified atom stereocenters. The molecule has 35 heavy (non-hydrogen) atoms. The van der Waals surface area contributed by atoms with Crippen molar-refractivity contribution < 1.29 is 14.7 Å². The van der Waals surface area contributed by atoms with Crippen molar-refractivity contribution >= 4 is 26.3 Å². The Kier molecular flexibility index (Phi) is 8.17. The van der Waals surface area contributed by atoms with E-state index in [1.807, 2.05) is 24.3 Å². The van der Waals surface area contributed by atoms with Gasteiger partial charge in [-0.3, -0.25) is 0 Å². The third-order valence-electron chi connectivity index (χ3n) is 6.74. The molecule has 180 valence electrons. The third-order valence-corrected chi connectivity index (χ3v) is 9.93. The number of aromatic carboxylic acids is 1. The molecule has 4 rings (SSSR count). The number of hydrogen-bond acceptors (Lipinski definition) is 5. The second-order valence-electron chi connectivity index (χ2n) is 9.05. The molecule has 8 heteroatoms. The Hall–Kier alpha value is -3.20. The van der Waals surface area contributed by atoms with Crippen LogP contribution in [0, 0.1) is 23.2 Å². The van der Waals surface area contributed by atoms with Crippen molar-refractivity contribution in [2.45, 2.75) is 36.8 Å². The molecule has 4 N–H and O–H groups in total. The van der Waals surface area contributed by atoms with Gasteiger partial charge in [0.1, 0.15) is 0 Å². The number of hydrogen-bond donors (Lipinski definition) is 3. The molecule has 3 aromatic rings. The van der Waals surface area contributed by atoms with Gasteiger partial charge in [-0.05, 0) is 0 Å². The Balaban J connectivity index is 1.58. The number of aromatic amines is 1. The van der Waals surface area contributed by atoms with E-state index < -0.39 is 21.7 Å². The number of carboxylic acids is 1. The number of carbonyl (C=O) groups is 2. The summed E-state index contributed by atoms with van der Waals surface area (Å²) < 4.78 is 0.397. The summed E-state index contributed by atoms with van der Waals surface area (Å²) in [6, 6.07) is 16.7. The van der Waals surface area contributed by atoms with Crippen molar-refractivity contribution in [1.82, 2.24) is 9.97 Å². The molecule has 0 spiro atoms. The molecule has 0 bridgehead atoms. The van der Waals surface area contributed by atoms with Crippen LogP contribution >= 0.6 is 0 Å². The molecule has 7 nitrogen and oxygen atoms in total. The van der Waals surface area contributed by atoms with Gasteiger partial charge in [0.05, 0.1) is 0 Å². The van der Waals surface area contributed by atoms with Gasteiger partial charge in [0.25, 0.3) is 0 Å². The maximum atomic E-state index is 13.3. The molecule has 2 atom stereocenters. The average Bonchev–Trinajstić information content (AvgIpc) is 3.39. The van der Waals surface area contributed by atoms with Crippen molar-refractivity contribution in [3.05, 3.63) is 77.2 Å². The number of nitrogens with one attached hydrogen (secondary N) is 1. The van der Waals surface area contributed by atoms with Gasteiger partial charge in [-0.25, -0.2) is 0 Å². The quantitative estimate of drug-likeness (QED) is 0.361. The summed E-state index contributed by atoms with van der Waals surface area (Å²) in [5.41, 5.74) is 8.27. The van der Waals surface area contributed by atoms with Crippen LogP contribution in [0.1, 0.15) is 57.7 Å². The molecule has 0 radical (unpaired) electrons. The number of aromatic nitrogens is 2. The number of carboxylic acid groups (broad SMARTS) is 1. The molecule has 1 aliphatic carbocycles. The Morgan fingerprint density at radius 1 is 1.17 bits per heavy atom. The average molecular weight is 532 g/mol. The van der Waals surface area contributed by atoms with Gasteiger partial charge >= 0.3 is 212 Å². The van der Waals surface area contributed by atoms with Crippen LogP contribution in [0.25, 0.3) is 11.3 Å². The number of nitriles is 1. The number of nitrogens with zero attached hydrogens (tertiary/aromatic N) is 2. The van der Waals surface area contributed by atoms with Crippen molar-refractivity contribution in [2.75, 3.05) is 6.54 Å². The standard InChI is InChI=1S/C27H29AsN4O3/c29-14-18-6-8-19(9-7-18)25(33)28-23(12-17-4-2-1-3-5-17)26-31-16-24(32-26)20-10-11-21(15-30)22(13-20)27(34)35/h1-5,10-11,13,16,18-19,23,28H,6-9,12,14,29H2,(H,31,32)(H,34,35). The van der Waals surface area contributed by atoms with E-state index in [4.69, 9.17) is 10.7 Å². The van der Waals surface area contributed by atoms with Crippen LogP contribution in [0.2, 0.25) is 0 Å². The summed E-state index contributed by atoms with van der Waals surface area (Å²) in [7, 11) is 0. The number of carbonyl (C=O) groups excluding carboxylic acids is 1. The number of H-pyrrole nitrogens is 1. The van der Waals surface area contributed by atoms with E-state index in [1.54, 1.807) is 12.3 Å². The first kappa shape index (κ1) is 24.9. The Morgan fingerprint density at radius 3 is 2.57 bits per heavy atom. The van der Waals surface area contributed by atoms with Crippen LogP contribution in [0.5, 0.6) is 0 Å². The third kappa shape index (κ3) is 6.08. The van der Waals surface area contributed by atoms with Crippen LogP contribution in [0.3, 0.4) is 0 Å². The van der Waals surface area contributed by atoms with Gasteiger partial charge in [0.2, 0.25) is 0 Å². The van der Waals surface area contributed by atoms with Crippen LogP contribution in [0.4, 0.5) is 0 Å². The first-order valence-corrected chi connectivity index (χ1v) is 14.1. The zero-order chi connectivity index (χ0) is 24.8. The predicted octanol–water partition coefficient (Wildman–Crippen LogP) is 3.66. The Morgan fingerprint density at radius 2 is 1.91 bits per heavy atom. The fourth-order valence-electron chi connectivity index (χ4n) is 4.66. The molecule has 1 fully saturated rings.